The van der Waals surface area contributed by atoms with E-state index in [1.807, 2.05) is 6.92 Å². The molecule has 6 heteroatoms. The van der Waals surface area contributed by atoms with Crippen LogP contribution < -0.4 is 5.32 Å². The number of aryl methyl sites for hydroxylation is 1. The maximum Gasteiger partial charge on any atom is 0.317 e. The standard InChI is InChI=1S/C14H23N3O2S/c1-10-13(20-9-16-10)7-15-14(19)17(2)8-11-5-3-4-6-12(11)18/h9,11-12,18H,3-8H2,1-2H3,(H,15,19)/t11-,12+/m0/s1. The van der Waals surface area contributed by atoms with Crippen molar-refractivity contribution in [1.82, 2.24) is 15.2 Å². The molecule has 0 saturated heterocycles. The lowest BCUT2D eigenvalue weighted by Gasteiger charge is -2.31. The molecule has 1 fully saturated rings. The first-order valence-electron chi connectivity index (χ1n) is 7.14. The number of carbonyl (C=O) groups is 1. The summed E-state index contributed by atoms with van der Waals surface area (Å²) in [4.78, 5) is 19.0. The second-order valence-electron chi connectivity index (χ2n) is 5.51. The van der Waals surface area contributed by atoms with Crippen molar-refractivity contribution in [3.63, 3.8) is 0 Å². The molecule has 5 nitrogen and oxygen atoms in total. The van der Waals surface area contributed by atoms with Crippen LogP contribution in [0.25, 0.3) is 0 Å². The first-order chi connectivity index (χ1) is 9.58. The molecule has 112 valence electrons. The number of aliphatic hydroxyl groups is 1. The van der Waals surface area contributed by atoms with Crippen molar-refractivity contribution >= 4 is 17.4 Å². The number of aromatic nitrogens is 1. The molecule has 0 aliphatic heterocycles. The molecular formula is C14H23N3O2S. The third-order valence-corrected chi connectivity index (χ3v) is 4.90. The molecular weight excluding hydrogens is 274 g/mol. The summed E-state index contributed by atoms with van der Waals surface area (Å²) in [6.45, 7) is 3.08. The number of carbonyl (C=O) groups excluding carboxylic acids is 1. The summed E-state index contributed by atoms with van der Waals surface area (Å²) in [6.07, 6.45) is 3.85. The van der Waals surface area contributed by atoms with Gasteiger partial charge in [0.2, 0.25) is 0 Å². The molecule has 0 spiro atoms. The Balaban J connectivity index is 1.78. The summed E-state index contributed by atoms with van der Waals surface area (Å²) in [5, 5.41) is 12.9. The summed E-state index contributed by atoms with van der Waals surface area (Å²) < 4.78 is 0. The van der Waals surface area contributed by atoms with Gasteiger partial charge in [0.1, 0.15) is 0 Å². The van der Waals surface area contributed by atoms with Crippen molar-refractivity contribution in [2.75, 3.05) is 13.6 Å². The average Bonchev–Trinajstić information content (AvgIpc) is 2.84. The highest BCUT2D eigenvalue weighted by molar-refractivity contribution is 7.09. The zero-order valence-corrected chi connectivity index (χ0v) is 12.9. The smallest absolute Gasteiger partial charge is 0.317 e. The highest BCUT2D eigenvalue weighted by atomic mass is 32.1. The molecule has 2 N–H and O–H groups in total. The maximum absolute atomic E-state index is 12.0. The average molecular weight is 297 g/mol. The topological polar surface area (TPSA) is 65.5 Å². The Morgan fingerprint density at radius 2 is 2.30 bits per heavy atom. The molecule has 20 heavy (non-hydrogen) atoms. The lowest BCUT2D eigenvalue weighted by molar-refractivity contribution is 0.0565. The molecule has 0 radical (unpaired) electrons. The van der Waals surface area contributed by atoms with Gasteiger partial charge in [0, 0.05) is 24.4 Å². The van der Waals surface area contributed by atoms with Gasteiger partial charge in [-0.05, 0) is 19.8 Å². The number of rotatable bonds is 4. The summed E-state index contributed by atoms with van der Waals surface area (Å²) >= 11 is 1.55. The van der Waals surface area contributed by atoms with Crippen LogP contribution in [-0.2, 0) is 6.54 Å². The van der Waals surface area contributed by atoms with E-state index >= 15 is 0 Å². The van der Waals surface area contributed by atoms with Crippen LogP contribution >= 0.6 is 11.3 Å². The highest BCUT2D eigenvalue weighted by Crippen LogP contribution is 2.24. The van der Waals surface area contributed by atoms with Crippen LogP contribution in [0.15, 0.2) is 5.51 Å². The van der Waals surface area contributed by atoms with Crippen molar-refractivity contribution in [1.29, 1.82) is 0 Å². The van der Waals surface area contributed by atoms with Gasteiger partial charge in [0.15, 0.2) is 0 Å². The fraction of sp³-hybridized carbons (Fsp3) is 0.714. The van der Waals surface area contributed by atoms with Gasteiger partial charge in [-0.25, -0.2) is 9.78 Å². The predicted octanol–water partition coefficient (Wildman–Crippen LogP) is 2.14. The van der Waals surface area contributed by atoms with Crippen LogP contribution in [0.2, 0.25) is 0 Å². The lowest BCUT2D eigenvalue weighted by Crippen LogP contribution is -2.42. The number of nitrogens with zero attached hydrogens (tertiary/aromatic N) is 2. The van der Waals surface area contributed by atoms with Crippen LogP contribution in [0.4, 0.5) is 4.79 Å². The third kappa shape index (κ3) is 3.93. The minimum Gasteiger partial charge on any atom is -0.393 e. The number of amides is 2. The van der Waals surface area contributed by atoms with Crippen molar-refractivity contribution in [3.8, 4) is 0 Å². The van der Waals surface area contributed by atoms with Crippen LogP contribution in [0.1, 0.15) is 36.3 Å². The molecule has 0 aromatic carbocycles. The predicted molar refractivity (Wildman–Crippen MR) is 79.7 cm³/mol. The quantitative estimate of drug-likeness (QED) is 0.895. The molecule has 1 aromatic rings. The highest BCUT2D eigenvalue weighted by Gasteiger charge is 2.25. The molecule has 2 rings (SSSR count). The Kier molecular flexibility index (Phi) is 5.37. The number of nitrogens with one attached hydrogen (secondary N) is 1. The second-order valence-corrected chi connectivity index (χ2v) is 6.45. The van der Waals surface area contributed by atoms with Crippen molar-refractivity contribution in [3.05, 3.63) is 16.1 Å². The van der Waals surface area contributed by atoms with Gasteiger partial charge >= 0.3 is 6.03 Å². The Morgan fingerprint density at radius 1 is 1.55 bits per heavy atom. The summed E-state index contributed by atoms with van der Waals surface area (Å²) in [7, 11) is 1.79. The Bertz CT molecular complexity index is 449. The van der Waals surface area contributed by atoms with E-state index < -0.39 is 0 Å². The zero-order valence-electron chi connectivity index (χ0n) is 12.1. The number of thiazole rings is 1. The second kappa shape index (κ2) is 7.04. The molecule has 1 aromatic heterocycles. The Labute approximate surface area is 124 Å². The van der Waals surface area contributed by atoms with E-state index in [9.17, 15) is 9.90 Å². The number of urea groups is 1. The molecule has 2 atom stereocenters. The molecule has 0 bridgehead atoms. The van der Waals surface area contributed by atoms with Gasteiger partial charge in [-0.15, -0.1) is 11.3 Å². The summed E-state index contributed by atoms with van der Waals surface area (Å²) in [6, 6.07) is -0.0874. The number of aliphatic hydroxyl groups excluding tert-OH is 1. The van der Waals surface area contributed by atoms with E-state index in [0.29, 0.717) is 13.1 Å². The van der Waals surface area contributed by atoms with Gasteiger partial charge in [0.05, 0.1) is 23.9 Å². The van der Waals surface area contributed by atoms with E-state index in [2.05, 4.69) is 10.3 Å². The number of hydrogen-bond acceptors (Lipinski definition) is 4. The minimum atomic E-state index is -0.261. The van der Waals surface area contributed by atoms with Gasteiger partial charge in [0.25, 0.3) is 0 Å². The Morgan fingerprint density at radius 3 is 2.95 bits per heavy atom. The molecule has 1 aliphatic rings. The van der Waals surface area contributed by atoms with Gasteiger partial charge in [-0.2, -0.15) is 0 Å². The minimum absolute atomic E-state index is 0.0874. The van der Waals surface area contributed by atoms with E-state index in [1.54, 1.807) is 28.8 Å². The summed E-state index contributed by atoms with van der Waals surface area (Å²) in [5.41, 5.74) is 2.76. The number of hydrogen-bond donors (Lipinski definition) is 2. The zero-order chi connectivity index (χ0) is 14.5. The lowest BCUT2D eigenvalue weighted by atomic mass is 9.86. The van der Waals surface area contributed by atoms with Crippen LogP contribution in [0.5, 0.6) is 0 Å². The third-order valence-electron chi connectivity index (χ3n) is 3.97. The SMILES string of the molecule is Cc1ncsc1CNC(=O)N(C)C[C@@H]1CCCC[C@H]1O. The van der Waals surface area contributed by atoms with Crippen LogP contribution in [-0.4, -0.2) is 40.7 Å². The first-order valence-corrected chi connectivity index (χ1v) is 8.02. The van der Waals surface area contributed by atoms with Gasteiger partial charge < -0.3 is 15.3 Å². The fourth-order valence-corrected chi connectivity index (χ4v) is 3.34. The van der Waals surface area contributed by atoms with E-state index in [4.69, 9.17) is 0 Å². The molecule has 1 aliphatic carbocycles. The van der Waals surface area contributed by atoms with Gasteiger partial charge in [-0.3, -0.25) is 0 Å². The van der Waals surface area contributed by atoms with E-state index in [0.717, 1.165) is 36.3 Å². The molecule has 0 unspecified atom stereocenters. The van der Waals surface area contributed by atoms with Crippen LogP contribution in [0, 0.1) is 12.8 Å². The van der Waals surface area contributed by atoms with Crippen molar-refractivity contribution < 1.29 is 9.90 Å². The molecule has 1 heterocycles. The van der Waals surface area contributed by atoms with Crippen molar-refractivity contribution in [2.45, 2.75) is 45.3 Å². The summed E-state index contributed by atoms with van der Waals surface area (Å²) in [5.74, 6) is 0.213. The van der Waals surface area contributed by atoms with E-state index in [-0.39, 0.29) is 18.1 Å². The van der Waals surface area contributed by atoms with Crippen molar-refractivity contribution in [2.24, 2.45) is 5.92 Å². The molecule has 2 amide bonds. The van der Waals surface area contributed by atoms with Crippen LogP contribution in [0.3, 0.4) is 0 Å². The Hall–Kier alpha value is -1.14. The fourth-order valence-electron chi connectivity index (χ4n) is 2.62. The molecule has 1 saturated carbocycles. The maximum atomic E-state index is 12.0. The first kappa shape index (κ1) is 15.3. The normalized spacial score (nSPS) is 22.6. The largest absolute Gasteiger partial charge is 0.393 e. The monoisotopic (exact) mass is 297 g/mol. The van der Waals surface area contributed by atoms with Gasteiger partial charge in [-0.1, -0.05) is 12.8 Å². The van der Waals surface area contributed by atoms with E-state index in [1.165, 1.54) is 0 Å².